The monoisotopic (exact) mass is 1080 g/mol. The lowest BCUT2D eigenvalue weighted by Gasteiger charge is -2.15. The van der Waals surface area contributed by atoms with Crippen LogP contribution in [0.3, 0.4) is 0 Å². The number of aromatic nitrogens is 2. The molecule has 0 saturated heterocycles. The quantitative estimate of drug-likeness (QED) is 0.0265. The average molecular weight is 1090 g/mol. The lowest BCUT2D eigenvalue weighted by atomic mass is 9.93. The number of hydrogen-bond acceptors (Lipinski definition) is 4. The Labute approximate surface area is 475 Å². The first-order valence-electron chi connectivity index (χ1n) is 30.1. The molecule has 0 atom stereocenters. The summed E-state index contributed by atoms with van der Waals surface area (Å²) in [6, 6.07) is 39.9. The SMILES string of the molecule is CCCCCCc1ccc2c(c1)c1cc(CCCCCC)ccc1n2CCCc1ccc2ccccc2c1CCCn1c2ccc(CCCCCC)cc2c2cc(CCCCCC)ccc21.NC(=O)NC(N)=O.NC(=O)NC(N)=O. The Kier molecular flexibility index (Phi) is 25.3. The number of rotatable bonds is 28. The number of carbonyl (C=O) groups is 4. The largest absolute Gasteiger partial charge is 0.351 e. The topological polar surface area (TPSA) is 206 Å². The van der Waals surface area contributed by atoms with Crippen molar-refractivity contribution < 1.29 is 19.2 Å². The van der Waals surface area contributed by atoms with Crippen LogP contribution in [-0.2, 0) is 51.6 Å². The average Bonchev–Trinajstić information content (AvgIpc) is 3.91. The van der Waals surface area contributed by atoms with Crippen LogP contribution in [0, 0.1) is 0 Å². The van der Waals surface area contributed by atoms with Gasteiger partial charge in [0.05, 0.1) is 0 Å². The number of fused-ring (bicyclic) bond motifs is 7. The van der Waals surface area contributed by atoms with Crippen molar-refractivity contribution in [2.24, 2.45) is 22.9 Å². The van der Waals surface area contributed by atoms with E-state index in [1.165, 1.54) is 211 Å². The van der Waals surface area contributed by atoms with Gasteiger partial charge in [-0.05, 0) is 170 Å². The van der Waals surface area contributed by atoms with Gasteiger partial charge in [-0.1, -0.05) is 165 Å². The maximum Gasteiger partial charge on any atom is 0.320 e. The van der Waals surface area contributed by atoms with Gasteiger partial charge in [-0.25, -0.2) is 19.2 Å². The minimum absolute atomic E-state index is 0.937. The minimum Gasteiger partial charge on any atom is -0.351 e. The molecule has 10 N–H and O–H groups in total. The maximum absolute atomic E-state index is 9.62. The Bertz CT molecular complexity index is 3090. The highest BCUT2D eigenvalue weighted by Crippen LogP contribution is 2.35. The van der Waals surface area contributed by atoms with Gasteiger partial charge in [0.15, 0.2) is 0 Å². The number of nitrogens with two attached hydrogens (primary N) is 4. The van der Waals surface area contributed by atoms with Crippen LogP contribution >= 0.6 is 0 Å². The lowest BCUT2D eigenvalue weighted by Crippen LogP contribution is -2.38. The van der Waals surface area contributed by atoms with Crippen molar-refractivity contribution in [3.63, 3.8) is 0 Å². The van der Waals surface area contributed by atoms with E-state index < -0.39 is 24.1 Å². The molecule has 6 aromatic carbocycles. The first-order valence-corrected chi connectivity index (χ1v) is 30.1. The van der Waals surface area contributed by atoms with Gasteiger partial charge in [0.1, 0.15) is 0 Å². The molecule has 0 aliphatic rings. The zero-order valence-corrected chi connectivity index (χ0v) is 48.6. The molecule has 2 heterocycles. The second kappa shape index (κ2) is 32.7. The van der Waals surface area contributed by atoms with Crippen LogP contribution in [0.2, 0.25) is 0 Å². The molecule has 0 aliphatic carbocycles. The summed E-state index contributed by atoms with van der Waals surface area (Å²) < 4.78 is 5.31. The number of nitrogens with zero attached hydrogens (tertiary/aromatic N) is 2. The first kappa shape index (κ1) is 61.9. The first-order chi connectivity index (χ1) is 38.8. The molecule has 80 heavy (non-hydrogen) atoms. The molecule has 0 spiro atoms. The molecule has 0 radical (unpaired) electrons. The number of primary amides is 4. The highest BCUT2D eigenvalue weighted by molar-refractivity contribution is 6.09. The zero-order valence-electron chi connectivity index (χ0n) is 48.6. The predicted octanol–water partition coefficient (Wildman–Crippen LogP) is 16.3. The highest BCUT2D eigenvalue weighted by Gasteiger charge is 2.16. The Balaban J connectivity index is 0.000000653. The summed E-state index contributed by atoms with van der Waals surface area (Å²) in [4.78, 5) is 38.5. The molecular formula is C68H92N8O4. The number of aryl methyl sites for hydroxylation is 8. The molecule has 8 amide bonds. The fourth-order valence-corrected chi connectivity index (χ4v) is 11.5. The van der Waals surface area contributed by atoms with Gasteiger partial charge in [0.25, 0.3) is 0 Å². The van der Waals surface area contributed by atoms with E-state index in [9.17, 15) is 19.2 Å². The van der Waals surface area contributed by atoms with E-state index in [2.05, 4.69) is 169 Å². The van der Waals surface area contributed by atoms with E-state index in [1.807, 2.05) is 0 Å². The smallest absolute Gasteiger partial charge is 0.320 e. The number of amides is 8. The van der Waals surface area contributed by atoms with Crippen molar-refractivity contribution in [3.05, 3.63) is 143 Å². The Morgan fingerprint density at radius 1 is 0.350 bits per heavy atom. The van der Waals surface area contributed by atoms with Gasteiger partial charge in [0.2, 0.25) is 0 Å². The summed E-state index contributed by atoms with van der Waals surface area (Å²) in [6.07, 6.45) is 30.1. The van der Waals surface area contributed by atoms with E-state index in [-0.39, 0.29) is 0 Å². The van der Waals surface area contributed by atoms with Gasteiger partial charge in [0, 0.05) is 56.7 Å². The molecule has 12 heteroatoms. The second-order valence-electron chi connectivity index (χ2n) is 21.8. The van der Waals surface area contributed by atoms with E-state index in [0.717, 1.165) is 38.8 Å². The Morgan fingerprint density at radius 3 is 1.01 bits per heavy atom. The molecule has 8 rings (SSSR count). The minimum atomic E-state index is -0.938. The predicted molar refractivity (Wildman–Crippen MR) is 335 cm³/mol. The summed E-state index contributed by atoms with van der Waals surface area (Å²) >= 11 is 0. The molecule has 0 saturated carbocycles. The normalized spacial score (nSPS) is 11.2. The van der Waals surface area contributed by atoms with Crippen LogP contribution in [0.15, 0.2) is 109 Å². The lowest BCUT2D eigenvalue weighted by molar-refractivity contribution is 0.235. The van der Waals surface area contributed by atoms with Gasteiger partial charge in [-0.3, -0.25) is 10.6 Å². The fourth-order valence-electron chi connectivity index (χ4n) is 11.5. The summed E-state index contributed by atoms with van der Waals surface area (Å²) in [5, 5.41) is 11.8. The molecule has 8 aromatic rings. The molecule has 0 unspecified atom stereocenters. The van der Waals surface area contributed by atoms with Crippen molar-refractivity contribution >= 4 is 78.5 Å². The van der Waals surface area contributed by atoms with E-state index in [1.54, 1.807) is 16.2 Å². The van der Waals surface area contributed by atoms with Gasteiger partial charge >= 0.3 is 24.1 Å². The Morgan fingerprint density at radius 2 is 0.688 bits per heavy atom. The van der Waals surface area contributed by atoms with E-state index >= 15 is 0 Å². The second-order valence-corrected chi connectivity index (χ2v) is 21.8. The number of benzene rings is 6. The van der Waals surface area contributed by atoms with E-state index in [0.29, 0.717) is 0 Å². The van der Waals surface area contributed by atoms with Crippen LogP contribution < -0.4 is 33.6 Å². The van der Waals surface area contributed by atoms with E-state index in [4.69, 9.17) is 0 Å². The number of unbranched alkanes of at least 4 members (excludes halogenated alkanes) is 12. The third kappa shape index (κ3) is 18.4. The molecule has 428 valence electrons. The number of urea groups is 4. The molecule has 0 bridgehead atoms. The standard InChI is InChI=1S/C64H82N2.2C2H5N3O2/c1-5-9-13-17-25-49-33-39-61-57(45-49)58-46-50(26-18-14-10-6-2)34-40-62(58)65(61)43-23-30-54-38-37-53-29-21-22-31-55(53)56(54)32-24-44-66-63-41-35-51(27-19-15-11-7-3)47-59(63)60-48-52(36-42-64(60)66)28-20-16-12-8-4;2*3-1(6)5-2(4)7/h21-22,29,31,33-42,45-48H,5-20,23-28,30,32,43-44H2,1-4H3;2*(H5,3,4,5,6,7). The van der Waals surface area contributed by atoms with Crippen LogP contribution in [0.1, 0.15) is 177 Å². The molecule has 0 fully saturated rings. The third-order valence-electron chi connectivity index (χ3n) is 15.5. The number of carbonyl (C=O) groups excluding carboxylic acids is 4. The third-order valence-corrected chi connectivity index (χ3v) is 15.5. The number of imide groups is 2. The van der Waals surface area contributed by atoms with Crippen molar-refractivity contribution in [2.45, 2.75) is 195 Å². The highest BCUT2D eigenvalue weighted by atomic mass is 16.2. The van der Waals surface area contributed by atoms with Gasteiger partial charge < -0.3 is 32.1 Å². The van der Waals surface area contributed by atoms with Crippen LogP contribution in [0.25, 0.3) is 54.4 Å². The fraction of sp³-hybridized carbons (Fsp3) is 0.441. The van der Waals surface area contributed by atoms with Gasteiger partial charge in [-0.2, -0.15) is 0 Å². The molecular weight excluding hydrogens is 993 g/mol. The zero-order chi connectivity index (χ0) is 57.2. The Hall–Kier alpha value is -7.34. The van der Waals surface area contributed by atoms with Crippen molar-refractivity contribution in [2.75, 3.05) is 0 Å². The van der Waals surface area contributed by atoms with Gasteiger partial charge in [-0.15, -0.1) is 0 Å². The molecule has 2 aromatic heterocycles. The van der Waals surface area contributed by atoms with Crippen molar-refractivity contribution in [1.82, 2.24) is 19.8 Å². The van der Waals surface area contributed by atoms with Crippen molar-refractivity contribution in [3.8, 4) is 0 Å². The maximum atomic E-state index is 9.62. The summed E-state index contributed by atoms with van der Waals surface area (Å²) in [5.74, 6) is 0. The van der Waals surface area contributed by atoms with Crippen LogP contribution in [0.5, 0.6) is 0 Å². The molecule has 12 nitrogen and oxygen atoms in total. The summed E-state index contributed by atoms with van der Waals surface area (Å²) in [5.41, 5.74) is 32.5. The number of nitrogens with one attached hydrogen (secondary N) is 2. The number of hydrogen-bond donors (Lipinski definition) is 6. The van der Waals surface area contributed by atoms with Crippen LogP contribution in [0.4, 0.5) is 19.2 Å². The molecule has 0 aliphatic heterocycles. The summed E-state index contributed by atoms with van der Waals surface area (Å²) in [7, 11) is 0. The van der Waals surface area contributed by atoms with Crippen LogP contribution in [-0.4, -0.2) is 33.3 Å². The summed E-state index contributed by atoms with van der Waals surface area (Å²) in [6.45, 7) is 11.3. The van der Waals surface area contributed by atoms with Crippen molar-refractivity contribution in [1.29, 1.82) is 0 Å².